The molecule has 1 fully saturated rings. The van der Waals surface area contributed by atoms with Crippen molar-refractivity contribution in [3.8, 4) is 0 Å². The number of carbonyl (C=O) groups is 1. The summed E-state index contributed by atoms with van der Waals surface area (Å²) in [5, 5.41) is 8.40. The Hall–Kier alpha value is -2.44. The van der Waals surface area contributed by atoms with E-state index in [4.69, 9.17) is 4.42 Å². The lowest BCUT2D eigenvalue weighted by Gasteiger charge is -2.33. The van der Waals surface area contributed by atoms with Gasteiger partial charge in [-0.3, -0.25) is 4.90 Å². The number of carbonyl (C=O) groups excluding carboxylic acids is 1. The number of thioether (sulfide) groups is 1. The number of nitrogens with one attached hydrogen (secondary N) is 2. The second kappa shape index (κ2) is 9.17. The lowest BCUT2D eigenvalue weighted by Crippen LogP contribution is -2.44. The summed E-state index contributed by atoms with van der Waals surface area (Å²) in [6, 6.07) is 16.4. The number of benzene rings is 2. The van der Waals surface area contributed by atoms with E-state index in [9.17, 15) is 4.79 Å². The third-order valence-corrected chi connectivity index (χ3v) is 6.13. The van der Waals surface area contributed by atoms with E-state index in [0.717, 1.165) is 35.7 Å². The number of furan rings is 1. The zero-order valence-corrected chi connectivity index (χ0v) is 16.6. The highest BCUT2D eigenvalue weighted by atomic mass is 32.2. The molecular weight excluding hydrogens is 370 g/mol. The first kappa shape index (κ1) is 18.9. The molecule has 28 heavy (non-hydrogen) atoms. The monoisotopic (exact) mass is 395 g/mol. The number of fused-ring (bicyclic) bond motifs is 1. The first-order valence-electron chi connectivity index (χ1n) is 9.63. The molecule has 1 saturated heterocycles. The van der Waals surface area contributed by atoms with Gasteiger partial charge in [-0.05, 0) is 22.4 Å². The molecule has 1 aromatic heterocycles. The van der Waals surface area contributed by atoms with Crippen molar-refractivity contribution in [2.75, 3.05) is 31.1 Å². The molecule has 6 heteroatoms. The van der Waals surface area contributed by atoms with E-state index in [0.29, 0.717) is 13.1 Å². The smallest absolute Gasteiger partial charge is 0.315 e. The van der Waals surface area contributed by atoms with Crippen LogP contribution in [0.4, 0.5) is 4.79 Å². The second-order valence-electron chi connectivity index (χ2n) is 6.92. The summed E-state index contributed by atoms with van der Waals surface area (Å²) in [7, 11) is 0. The highest BCUT2D eigenvalue weighted by Crippen LogP contribution is 2.24. The quantitative estimate of drug-likeness (QED) is 0.662. The average molecular weight is 396 g/mol. The van der Waals surface area contributed by atoms with Gasteiger partial charge in [-0.15, -0.1) is 0 Å². The number of nitrogens with zero attached hydrogens (tertiary/aromatic N) is 1. The number of hydrogen-bond donors (Lipinski definition) is 2. The maximum Gasteiger partial charge on any atom is 0.315 e. The van der Waals surface area contributed by atoms with Gasteiger partial charge in [0.05, 0.1) is 18.6 Å². The minimum atomic E-state index is -0.146. The first-order chi connectivity index (χ1) is 13.8. The average Bonchev–Trinajstić information content (AvgIpc) is 3.28. The van der Waals surface area contributed by atoms with Crippen LogP contribution in [0.5, 0.6) is 0 Å². The topological polar surface area (TPSA) is 57.5 Å². The molecule has 2 amide bonds. The number of rotatable bonds is 6. The molecular formula is C22H25N3O2S. The molecule has 2 N–H and O–H groups in total. The Kier molecular flexibility index (Phi) is 6.19. The second-order valence-corrected chi connectivity index (χ2v) is 8.15. The van der Waals surface area contributed by atoms with Crippen LogP contribution in [0.25, 0.3) is 10.8 Å². The normalized spacial score (nSPS) is 16.0. The van der Waals surface area contributed by atoms with Gasteiger partial charge in [0, 0.05) is 43.2 Å². The molecule has 0 saturated carbocycles. The summed E-state index contributed by atoms with van der Waals surface area (Å²) in [4.78, 5) is 14.9. The van der Waals surface area contributed by atoms with E-state index < -0.39 is 0 Å². The van der Waals surface area contributed by atoms with Gasteiger partial charge in [-0.25, -0.2) is 4.79 Å². The predicted molar refractivity (Wildman–Crippen MR) is 115 cm³/mol. The van der Waals surface area contributed by atoms with E-state index >= 15 is 0 Å². The highest BCUT2D eigenvalue weighted by molar-refractivity contribution is 7.99. The van der Waals surface area contributed by atoms with Gasteiger partial charge in [0.2, 0.25) is 0 Å². The fourth-order valence-corrected chi connectivity index (χ4v) is 4.62. The Morgan fingerprint density at radius 1 is 1.07 bits per heavy atom. The SMILES string of the molecule is O=C(NCc1cccc2ccccc12)NC[C@@H](c1ccoc1)N1CCSCC1. The van der Waals surface area contributed by atoms with Gasteiger partial charge in [0.25, 0.3) is 0 Å². The van der Waals surface area contributed by atoms with E-state index in [1.807, 2.05) is 36.0 Å². The van der Waals surface area contributed by atoms with Gasteiger partial charge in [-0.2, -0.15) is 11.8 Å². The molecule has 2 aromatic carbocycles. The van der Waals surface area contributed by atoms with E-state index in [1.54, 1.807) is 12.5 Å². The van der Waals surface area contributed by atoms with Crippen molar-refractivity contribution < 1.29 is 9.21 Å². The van der Waals surface area contributed by atoms with Crippen LogP contribution >= 0.6 is 11.8 Å². The van der Waals surface area contributed by atoms with E-state index in [-0.39, 0.29) is 12.1 Å². The Labute approximate surface area is 169 Å². The van der Waals surface area contributed by atoms with Gasteiger partial charge in [-0.1, -0.05) is 42.5 Å². The Morgan fingerprint density at radius 3 is 2.71 bits per heavy atom. The van der Waals surface area contributed by atoms with Crippen LogP contribution in [0.15, 0.2) is 65.5 Å². The fourth-order valence-electron chi connectivity index (χ4n) is 3.69. The van der Waals surface area contributed by atoms with Crippen LogP contribution in [0.2, 0.25) is 0 Å². The molecule has 1 aliphatic heterocycles. The van der Waals surface area contributed by atoms with Crippen LogP contribution in [-0.2, 0) is 6.54 Å². The molecule has 0 unspecified atom stereocenters. The van der Waals surface area contributed by atoms with Crippen molar-refractivity contribution in [1.82, 2.24) is 15.5 Å². The number of hydrogen-bond acceptors (Lipinski definition) is 4. The lowest BCUT2D eigenvalue weighted by atomic mass is 10.0. The Balaban J connectivity index is 1.36. The van der Waals surface area contributed by atoms with Crippen molar-refractivity contribution in [3.05, 3.63) is 72.2 Å². The first-order valence-corrected chi connectivity index (χ1v) is 10.8. The van der Waals surface area contributed by atoms with E-state index in [1.165, 1.54) is 10.8 Å². The van der Waals surface area contributed by atoms with Crippen LogP contribution in [0.1, 0.15) is 17.2 Å². The molecule has 5 nitrogen and oxygen atoms in total. The predicted octanol–water partition coefficient (Wildman–Crippen LogP) is 4.02. The highest BCUT2D eigenvalue weighted by Gasteiger charge is 2.23. The molecule has 2 heterocycles. The minimum absolute atomic E-state index is 0.142. The maximum absolute atomic E-state index is 12.4. The van der Waals surface area contributed by atoms with Gasteiger partial charge >= 0.3 is 6.03 Å². The maximum atomic E-state index is 12.4. The van der Waals surface area contributed by atoms with E-state index in [2.05, 4.69) is 39.8 Å². The van der Waals surface area contributed by atoms with Crippen LogP contribution < -0.4 is 10.6 Å². The van der Waals surface area contributed by atoms with Crippen LogP contribution in [0.3, 0.4) is 0 Å². The van der Waals surface area contributed by atoms with Crippen molar-refractivity contribution in [2.45, 2.75) is 12.6 Å². The zero-order chi connectivity index (χ0) is 19.2. The molecule has 146 valence electrons. The third-order valence-electron chi connectivity index (χ3n) is 5.19. The Bertz CT molecular complexity index is 902. The molecule has 3 aromatic rings. The summed E-state index contributed by atoms with van der Waals surface area (Å²) in [5.74, 6) is 2.25. The zero-order valence-electron chi connectivity index (χ0n) is 15.8. The summed E-state index contributed by atoms with van der Waals surface area (Å²) >= 11 is 1.98. The largest absolute Gasteiger partial charge is 0.472 e. The molecule has 0 radical (unpaired) electrons. The van der Waals surface area contributed by atoms with Crippen LogP contribution in [-0.4, -0.2) is 42.1 Å². The standard InChI is InChI=1S/C22H25N3O2S/c26-22(23-14-18-6-3-5-17-4-1-2-7-20(17)18)24-15-21(19-8-11-27-16-19)25-9-12-28-13-10-25/h1-8,11,16,21H,9-10,12-15H2,(H2,23,24,26)/t21-/m0/s1. The summed E-state index contributed by atoms with van der Waals surface area (Å²) in [6.07, 6.45) is 3.48. The summed E-state index contributed by atoms with van der Waals surface area (Å²) in [5.41, 5.74) is 2.23. The number of amides is 2. The number of urea groups is 1. The summed E-state index contributed by atoms with van der Waals surface area (Å²) < 4.78 is 5.28. The minimum Gasteiger partial charge on any atom is -0.472 e. The third kappa shape index (κ3) is 4.51. The van der Waals surface area contributed by atoms with Crippen molar-refractivity contribution in [1.29, 1.82) is 0 Å². The molecule has 4 rings (SSSR count). The molecule has 1 aliphatic rings. The molecule has 1 atom stereocenters. The van der Waals surface area contributed by atoms with Gasteiger partial charge < -0.3 is 15.1 Å². The van der Waals surface area contributed by atoms with Crippen LogP contribution in [0, 0.1) is 0 Å². The molecule has 0 spiro atoms. The Morgan fingerprint density at radius 2 is 1.89 bits per heavy atom. The molecule has 0 aliphatic carbocycles. The lowest BCUT2D eigenvalue weighted by molar-refractivity contribution is 0.205. The van der Waals surface area contributed by atoms with Crippen molar-refractivity contribution >= 4 is 28.6 Å². The van der Waals surface area contributed by atoms with Crippen molar-refractivity contribution in [3.63, 3.8) is 0 Å². The molecule has 0 bridgehead atoms. The van der Waals surface area contributed by atoms with Crippen molar-refractivity contribution in [2.24, 2.45) is 0 Å². The summed E-state index contributed by atoms with van der Waals surface area (Å²) in [6.45, 7) is 3.12. The fraction of sp³-hybridized carbons (Fsp3) is 0.318. The van der Waals surface area contributed by atoms with Gasteiger partial charge in [0.1, 0.15) is 0 Å². The van der Waals surface area contributed by atoms with Gasteiger partial charge in [0.15, 0.2) is 0 Å².